The van der Waals surface area contributed by atoms with E-state index < -0.39 is 0 Å². The van der Waals surface area contributed by atoms with E-state index in [4.69, 9.17) is 4.98 Å². The van der Waals surface area contributed by atoms with Gasteiger partial charge < -0.3 is 9.30 Å². The third-order valence-corrected chi connectivity index (χ3v) is 6.05. The molecule has 1 spiro atoms. The molecule has 5 rings (SSSR count). The second-order valence-electron chi connectivity index (χ2n) is 7.35. The third-order valence-electron chi connectivity index (χ3n) is 6.05. The smallest absolute Gasteiger partial charge is 0.137 e. The van der Waals surface area contributed by atoms with E-state index in [2.05, 4.69) is 71.8 Å². The average molecular weight is 317 g/mol. The lowest BCUT2D eigenvalue weighted by atomic mass is 9.92. The van der Waals surface area contributed by atoms with Gasteiger partial charge in [-0.25, -0.2) is 4.98 Å². The molecule has 1 atom stereocenters. The van der Waals surface area contributed by atoms with Gasteiger partial charge in [0, 0.05) is 11.9 Å². The van der Waals surface area contributed by atoms with Crippen molar-refractivity contribution in [2.75, 3.05) is 4.90 Å². The van der Waals surface area contributed by atoms with E-state index >= 15 is 0 Å². The van der Waals surface area contributed by atoms with Gasteiger partial charge in [-0.05, 0) is 50.5 Å². The van der Waals surface area contributed by atoms with Crippen molar-refractivity contribution in [2.24, 2.45) is 0 Å². The molecular formula is C21H23N3. The Kier molecular flexibility index (Phi) is 2.85. The number of fused-ring (bicyclic) bond motifs is 4. The number of hydrogen-bond acceptors (Lipinski definition) is 2. The summed E-state index contributed by atoms with van der Waals surface area (Å²) >= 11 is 0. The quantitative estimate of drug-likeness (QED) is 0.630. The van der Waals surface area contributed by atoms with Crippen molar-refractivity contribution in [1.82, 2.24) is 9.38 Å². The van der Waals surface area contributed by atoms with Crippen LogP contribution in [0.3, 0.4) is 0 Å². The first kappa shape index (κ1) is 14.1. The lowest BCUT2D eigenvalue weighted by Gasteiger charge is -2.41. The maximum absolute atomic E-state index is 5.02. The maximum atomic E-state index is 5.02. The van der Waals surface area contributed by atoms with Crippen molar-refractivity contribution in [3.63, 3.8) is 0 Å². The second kappa shape index (κ2) is 4.85. The molecule has 122 valence electrons. The molecule has 0 unspecified atom stereocenters. The largest absolute Gasteiger partial charge is 0.352 e. The molecule has 3 heterocycles. The van der Waals surface area contributed by atoms with E-state index in [-0.39, 0.29) is 5.54 Å². The van der Waals surface area contributed by atoms with E-state index in [1.165, 1.54) is 48.3 Å². The van der Waals surface area contributed by atoms with Crippen LogP contribution in [0.15, 0.2) is 48.7 Å². The number of nitrogens with zero attached hydrogens (tertiary/aromatic N) is 3. The summed E-state index contributed by atoms with van der Waals surface area (Å²) in [5, 5.41) is 0. The molecule has 0 radical (unpaired) electrons. The molecule has 0 N–H and O–H groups in total. The fourth-order valence-electron chi connectivity index (χ4n) is 5.09. The van der Waals surface area contributed by atoms with Gasteiger partial charge >= 0.3 is 0 Å². The number of aromatic nitrogens is 2. The summed E-state index contributed by atoms with van der Waals surface area (Å²) < 4.78 is 2.34. The number of pyridine rings is 1. The summed E-state index contributed by atoms with van der Waals surface area (Å²) in [6.45, 7) is 4.55. The Morgan fingerprint density at radius 2 is 1.79 bits per heavy atom. The van der Waals surface area contributed by atoms with E-state index in [0.29, 0.717) is 6.04 Å². The van der Waals surface area contributed by atoms with Crippen LogP contribution in [-0.2, 0) is 5.54 Å². The van der Waals surface area contributed by atoms with Crippen LogP contribution in [0.25, 0.3) is 5.65 Å². The summed E-state index contributed by atoms with van der Waals surface area (Å²) in [4.78, 5) is 7.69. The van der Waals surface area contributed by atoms with Crippen molar-refractivity contribution in [1.29, 1.82) is 0 Å². The minimum absolute atomic E-state index is 0.0988. The van der Waals surface area contributed by atoms with Gasteiger partial charge in [0.25, 0.3) is 0 Å². The first-order chi connectivity index (χ1) is 11.7. The highest BCUT2D eigenvalue weighted by atomic mass is 15.3. The molecule has 24 heavy (non-hydrogen) atoms. The predicted molar refractivity (Wildman–Crippen MR) is 97.4 cm³/mol. The standard InChI is InChI=1S/C21H23N3/c1-15-9-3-4-10-17(15)24-16(2)19-20(21(24)12-6-7-13-21)23-14-8-5-11-18(23)22-19/h3-5,8-11,14,16H,6-7,12-13H2,1-2H3/t16-/m0/s1. The Morgan fingerprint density at radius 3 is 2.58 bits per heavy atom. The Morgan fingerprint density at radius 1 is 1.04 bits per heavy atom. The average Bonchev–Trinajstić information content (AvgIpc) is 3.26. The molecule has 3 heteroatoms. The van der Waals surface area contributed by atoms with Crippen LogP contribution < -0.4 is 4.90 Å². The summed E-state index contributed by atoms with van der Waals surface area (Å²) in [7, 11) is 0. The lowest BCUT2D eigenvalue weighted by Crippen LogP contribution is -2.41. The molecule has 3 aromatic rings. The molecule has 1 aliphatic heterocycles. The van der Waals surface area contributed by atoms with Crippen LogP contribution in [0, 0.1) is 6.92 Å². The van der Waals surface area contributed by atoms with Gasteiger partial charge in [-0.1, -0.05) is 37.1 Å². The minimum Gasteiger partial charge on any atom is -0.352 e. The van der Waals surface area contributed by atoms with Gasteiger partial charge in [0.2, 0.25) is 0 Å². The zero-order valence-electron chi connectivity index (χ0n) is 14.4. The molecule has 1 fully saturated rings. The number of benzene rings is 1. The SMILES string of the molecule is Cc1ccccc1N1[C@@H](C)c2nc3ccccn3c2C12CCCC2. The van der Waals surface area contributed by atoms with Gasteiger partial charge in [-0.3, -0.25) is 0 Å². The number of para-hydroxylation sites is 1. The van der Waals surface area contributed by atoms with Crippen LogP contribution in [0.4, 0.5) is 5.69 Å². The summed E-state index contributed by atoms with van der Waals surface area (Å²) in [6, 6.07) is 15.5. The maximum Gasteiger partial charge on any atom is 0.137 e. The van der Waals surface area contributed by atoms with Crippen molar-refractivity contribution < 1.29 is 0 Å². The molecular weight excluding hydrogens is 294 g/mol. The molecule has 2 aromatic heterocycles. The Bertz CT molecular complexity index is 918. The van der Waals surface area contributed by atoms with Gasteiger partial charge in [-0.15, -0.1) is 0 Å². The molecule has 0 amide bonds. The highest BCUT2D eigenvalue weighted by Crippen LogP contribution is 2.56. The van der Waals surface area contributed by atoms with Gasteiger partial charge in [-0.2, -0.15) is 0 Å². The van der Waals surface area contributed by atoms with E-state index in [9.17, 15) is 0 Å². The summed E-state index contributed by atoms with van der Waals surface area (Å²) in [6.07, 6.45) is 7.24. The van der Waals surface area contributed by atoms with Crippen molar-refractivity contribution in [3.05, 3.63) is 65.6 Å². The Hall–Kier alpha value is -2.29. The normalized spacial score (nSPS) is 21.8. The Balaban J connectivity index is 1.80. The number of hydrogen-bond donors (Lipinski definition) is 0. The summed E-state index contributed by atoms with van der Waals surface area (Å²) in [5.74, 6) is 0. The molecule has 1 aromatic carbocycles. The van der Waals surface area contributed by atoms with Crippen LogP contribution in [0.5, 0.6) is 0 Å². The molecule has 2 aliphatic rings. The van der Waals surface area contributed by atoms with Crippen LogP contribution in [0.2, 0.25) is 0 Å². The van der Waals surface area contributed by atoms with Gasteiger partial charge in [0.1, 0.15) is 5.65 Å². The fraction of sp³-hybridized carbons (Fsp3) is 0.381. The first-order valence-corrected chi connectivity index (χ1v) is 9.05. The van der Waals surface area contributed by atoms with Gasteiger partial charge in [0.05, 0.1) is 23.0 Å². The van der Waals surface area contributed by atoms with Crippen LogP contribution >= 0.6 is 0 Å². The van der Waals surface area contributed by atoms with E-state index in [1.807, 2.05) is 0 Å². The zero-order valence-corrected chi connectivity index (χ0v) is 14.4. The highest BCUT2D eigenvalue weighted by Gasteiger charge is 2.53. The summed E-state index contributed by atoms with van der Waals surface area (Å²) in [5.41, 5.74) is 6.62. The number of imidazole rings is 1. The fourth-order valence-corrected chi connectivity index (χ4v) is 5.09. The topological polar surface area (TPSA) is 20.5 Å². The van der Waals surface area contributed by atoms with Crippen molar-refractivity contribution >= 4 is 11.3 Å². The number of aryl methyl sites for hydroxylation is 1. The minimum atomic E-state index is 0.0988. The first-order valence-electron chi connectivity index (χ1n) is 9.05. The Labute approximate surface area is 142 Å². The van der Waals surface area contributed by atoms with Crippen molar-refractivity contribution in [3.8, 4) is 0 Å². The molecule has 1 saturated carbocycles. The van der Waals surface area contributed by atoms with Crippen LogP contribution in [0.1, 0.15) is 55.6 Å². The monoisotopic (exact) mass is 317 g/mol. The lowest BCUT2D eigenvalue weighted by molar-refractivity contribution is 0.403. The second-order valence-corrected chi connectivity index (χ2v) is 7.35. The predicted octanol–water partition coefficient (Wildman–Crippen LogP) is 4.99. The van der Waals surface area contributed by atoms with E-state index in [0.717, 1.165) is 5.65 Å². The molecule has 3 nitrogen and oxygen atoms in total. The zero-order chi connectivity index (χ0) is 16.3. The van der Waals surface area contributed by atoms with Crippen molar-refractivity contribution in [2.45, 2.75) is 51.1 Å². The molecule has 0 bridgehead atoms. The highest BCUT2D eigenvalue weighted by molar-refractivity contribution is 5.64. The third kappa shape index (κ3) is 1.65. The molecule has 1 aliphatic carbocycles. The molecule has 0 saturated heterocycles. The van der Waals surface area contributed by atoms with Gasteiger partial charge in [0.15, 0.2) is 0 Å². The number of anilines is 1. The van der Waals surface area contributed by atoms with E-state index in [1.54, 1.807) is 0 Å². The van der Waals surface area contributed by atoms with Crippen LogP contribution in [-0.4, -0.2) is 9.38 Å². The number of rotatable bonds is 1.